The molecule has 0 bridgehead atoms. The van der Waals surface area contributed by atoms with E-state index in [9.17, 15) is 9.59 Å². The lowest BCUT2D eigenvalue weighted by molar-refractivity contribution is -0.125. The van der Waals surface area contributed by atoms with E-state index in [4.69, 9.17) is 5.73 Å². The van der Waals surface area contributed by atoms with Crippen molar-refractivity contribution in [3.63, 3.8) is 0 Å². The first-order valence-corrected chi connectivity index (χ1v) is 6.61. The summed E-state index contributed by atoms with van der Waals surface area (Å²) in [5.41, 5.74) is 7.64. The highest BCUT2D eigenvalue weighted by atomic mass is 16.2. The van der Waals surface area contributed by atoms with Crippen molar-refractivity contribution in [1.82, 2.24) is 20.7 Å². The number of aromatic nitrogens is 3. The molecule has 0 spiro atoms. The number of hydrogen-bond acceptors (Lipinski definition) is 5. The van der Waals surface area contributed by atoms with E-state index in [2.05, 4.69) is 26.0 Å². The number of benzene rings is 1. The van der Waals surface area contributed by atoms with Gasteiger partial charge in [0.05, 0.1) is 12.6 Å². The highest BCUT2D eigenvalue weighted by Gasteiger charge is 2.17. The zero-order valence-electron chi connectivity index (χ0n) is 11.9. The third kappa shape index (κ3) is 3.76. The first-order valence-electron chi connectivity index (χ1n) is 6.61. The molecule has 21 heavy (non-hydrogen) atoms. The Labute approximate surface area is 121 Å². The van der Waals surface area contributed by atoms with Crippen molar-refractivity contribution in [2.24, 2.45) is 11.7 Å². The highest BCUT2D eigenvalue weighted by Crippen LogP contribution is 2.14. The molecule has 1 heterocycles. The Hall–Kier alpha value is -2.48. The second kappa shape index (κ2) is 6.31. The van der Waals surface area contributed by atoms with E-state index in [1.807, 2.05) is 13.8 Å². The SMILES string of the molecule is CC(C)[C@H](N)C(=O)NCC(=O)Nc1ccc2n[nH]nc2c1. The van der Waals surface area contributed by atoms with Gasteiger partial charge in [-0.05, 0) is 24.1 Å². The summed E-state index contributed by atoms with van der Waals surface area (Å²) < 4.78 is 0. The molecule has 1 aromatic heterocycles. The predicted molar refractivity (Wildman–Crippen MR) is 78.3 cm³/mol. The van der Waals surface area contributed by atoms with Crippen molar-refractivity contribution >= 4 is 28.5 Å². The number of amides is 2. The number of H-pyrrole nitrogens is 1. The Morgan fingerprint density at radius 3 is 2.71 bits per heavy atom. The van der Waals surface area contributed by atoms with Crippen LogP contribution in [0.5, 0.6) is 0 Å². The molecule has 8 heteroatoms. The average Bonchev–Trinajstić information content (AvgIpc) is 2.91. The van der Waals surface area contributed by atoms with Gasteiger partial charge in [-0.3, -0.25) is 9.59 Å². The summed E-state index contributed by atoms with van der Waals surface area (Å²) >= 11 is 0. The maximum atomic E-state index is 11.8. The van der Waals surface area contributed by atoms with Crippen molar-refractivity contribution in [3.8, 4) is 0 Å². The summed E-state index contributed by atoms with van der Waals surface area (Å²) in [4.78, 5) is 23.4. The van der Waals surface area contributed by atoms with Crippen LogP contribution in [0.1, 0.15) is 13.8 Å². The van der Waals surface area contributed by atoms with Crippen molar-refractivity contribution in [2.45, 2.75) is 19.9 Å². The summed E-state index contributed by atoms with van der Waals surface area (Å²) in [5.74, 6) is -0.656. The van der Waals surface area contributed by atoms with Gasteiger partial charge in [-0.2, -0.15) is 15.4 Å². The van der Waals surface area contributed by atoms with Crippen molar-refractivity contribution in [2.75, 3.05) is 11.9 Å². The van der Waals surface area contributed by atoms with Crippen LogP contribution in [-0.2, 0) is 9.59 Å². The minimum Gasteiger partial charge on any atom is -0.346 e. The lowest BCUT2D eigenvalue weighted by Gasteiger charge is -2.15. The zero-order valence-corrected chi connectivity index (χ0v) is 11.9. The Bertz CT molecular complexity index is 651. The van der Waals surface area contributed by atoms with Crippen LogP contribution in [0.15, 0.2) is 18.2 Å². The third-order valence-corrected chi connectivity index (χ3v) is 3.04. The molecule has 8 nitrogen and oxygen atoms in total. The molecular formula is C13H18N6O2. The fourth-order valence-corrected chi connectivity index (χ4v) is 1.71. The third-order valence-electron chi connectivity index (χ3n) is 3.04. The van der Waals surface area contributed by atoms with Gasteiger partial charge in [-0.1, -0.05) is 13.8 Å². The van der Waals surface area contributed by atoms with Gasteiger partial charge in [0.1, 0.15) is 11.0 Å². The molecule has 0 radical (unpaired) electrons. The van der Waals surface area contributed by atoms with Crippen LogP contribution in [-0.4, -0.2) is 39.8 Å². The monoisotopic (exact) mass is 290 g/mol. The quantitative estimate of drug-likeness (QED) is 0.616. The van der Waals surface area contributed by atoms with Crippen molar-refractivity contribution < 1.29 is 9.59 Å². The van der Waals surface area contributed by atoms with Gasteiger partial charge in [0, 0.05) is 5.69 Å². The van der Waals surface area contributed by atoms with E-state index in [0.29, 0.717) is 16.7 Å². The van der Waals surface area contributed by atoms with Crippen LogP contribution in [0.3, 0.4) is 0 Å². The summed E-state index contributed by atoms with van der Waals surface area (Å²) in [6, 6.07) is 4.52. The first kappa shape index (κ1) is 14.9. The van der Waals surface area contributed by atoms with Gasteiger partial charge in [0.2, 0.25) is 11.8 Å². The predicted octanol–water partition coefficient (Wildman–Crippen LogP) is -0.00410. The number of fused-ring (bicyclic) bond motifs is 1. The van der Waals surface area contributed by atoms with E-state index in [0.717, 1.165) is 0 Å². The van der Waals surface area contributed by atoms with Crippen molar-refractivity contribution in [3.05, 3.63) is 18.2 Å². The smallest absolute Gasteiger partial charge is 0.243 e. The van der Waals surface area contributed by atoms with Gasteiger partial charge in [-0.25, -0.2) is 0 Å². The summed E-state index contributed by atoms with van der Waals surface area (Å²) in [7, 11) is 0. The number of hydrogen-bond donors (Lipinski definition) is 4. The van der Waals surface area contributed by atoms with Crippen LogP contribution in [0.25, 0.3) is 11.0 Å². The van der Waals surface area contributed by atoms with Crippen molar-refractivity contribution in [1.29, 1.82) is 0 Å². The summed E-state index contributed by atoms with van der Waals surface area (Å²) in [5, 5.41) is 15.5. The normalized spacial score (nSPS) is 12.4. The largest absolute Gasteiger partial charge is 0.346 e. The maximum absolute atomic E-state index is 11.8. The molecule has 2 rings (SSSR count). The highest BCUT2D eigenvalue weighted by molar-refractivity contribution is 5.96. The van der Waals surface area contributed by atoms with Crippen LogP contribution >= 0.6 is 0 Å². The number of carbonyl (C=O) groups excluding carboxylic acids is 2. The van der Waals surface area contributed by atoms with E-state index < -0.39 is 6.04 Å². The molecule has 0 fully saturated rings. The molecule has 0 aliphatic carbocycles. The summed E-state index contributed by atoms with van der Waals surface area (Å²) in [6.45, 7) is 3.56. The number of nitrogens with one attached hydrogen (secondary N) is 3. The second-order valence-corrected chi connectivity index (χ2v) is 5.06. The average molecular weight is 290 g/mol. The van der Waals surface area contributed by atoms with E-state index in [1.54, 1.807) is 18.2 Å². The Morgan fingerprint density at radius 1 is 1.29 bits per heavy atom. The van der Waals surface area contributed by atoms with E-state index in [1.165, 1.54) is 0 Å². The number of nitrogens with two attached hydrogens (primary N) is 1. The lowest BCUT2D eigenvalue weighted by Crippen LogP contribution is -2.46. The molecule has 1 aromatic carbocycles. The molecule has 5 N–H and O–H groups in total. The Kier molecular flexibility index (Phi) is 4.49. The van der Waals surface area contributed by atoms with E-state index >= 15 is 0 Å². The molecule has 2 amide bonds. The Morgan fingerprint density at radius 2 is 2.00 bits per heavy atom. The number of nitrogens with zero attached hydrogens (tertiary/aromatic N) is 2. The van der Waals surface area contributed by atoms with E-state index in [-0.39, 0.29) is 24.3 Å². The van der Waals surface area contributed by atoms with Gasteiger partial charge in [-0.15, -0.1) is 0 Å². The molecule has 0 unspecified atom stereocenters. The first-order chi connectivity index (χ1) is 9.97. The number of anilines is 1. The molecule has 112 valence electrons. The van der Waals surface area contributed by atoms with Crippen LogP contribution in [0, 0.1) is 5.92 Å². The van der Waals surface area contributed by atoms with Gasteiger partial charge >= 0.3 is 0 Å². The van der Waals surface area contributed by atoms with Gasteiger partial charge in [0.25, 0.3) is 0 Å². The number of carbonyl (C=O) groups is 2. The fourth-order valence-electron chi connectivity index (χ4n) is 1.71. The fraction of sp³-hybridized carbons (Fsp3) is 0.385. The summed E-state index contributed by atoms with van der Waals surface area (Å²) in [6.07, 6.45) is 0. The van der Waals surface area contributed by atoms with Crippen LogP contribution in [0.2, 0.25) is 0 Å². The zero-order chi connectivity index (χ0) is 15.4. The second-order valence-electron chi connectivity index (χ2n) is 5.06. The molecule has 0 saturated heterocycles. The molecule has 0 aliphatic heterocycles. The van der Waals surface area contributed by atoms with Crippen LogP contribution < -0.4 is 16.4 Å². The van der Waals surface area contributed by atoms with Crippen LogP contribution in [0.4, 0.5) is 5.69 Å². The Balaban J connectivity index is 1.88. The van der Waals surface area contributed by atoms with Gasteiger partial charge < -0.3 is 16.4 Å². The minimum atomic E-state index is -0.621. The van der Waals surface area contributed by atoms with Gasteiger partial charge in [0.15, 0.2) is 0 Å². The lowest BCUT2D eigenvalue weighted by atomic mass is 10.1. The topological polar surface area (TPSA) is 126 Å². The minimum absolute atomic E-state index is 0.0163. The molecule has 0 aliphatic rings. The molecular weight excluding hydrogens is 272 g/mol. The number of rotatable bonds is 5. The standard InChI is InChI=1S/C13H18N6O2/c1-7(2)12(14)13(21)15-6-11(20)16-8-3-4-9-10(5-8)18-19-17-9/h3-5,7,12H,6,14H2,1-2H3,(H,15,21)(H,16,20)(H,17,18,19)/t12-/m0/s1. The molecule has 0 saturated carbocycles. The molecule has 1 atom stereocenters. The molecule has 2 aromatic rings. The number of aromatic amines is 1. The maximum Gasteiger partial charge on any atom is 0.243 e.